The summed E-state index contributed by atoms with van der Waals surface area (Å²) in [6, 6.07) is 0. The fourth-order valence-corrected chi connectivity index (χ4v) is 2.70. The van der Waals surface area contributed by atoms with E-state index in [2.05, 4.69) is 5.32 Å². The SMILES string of the molecule is CC(C)CCNC(=O)C(O)C(C)(C)COP(=O)(O)OCC(C)(C)C. The molecule has 2 unspecified atom stereocenters. The smallest absolute Gasteiger partial charge is 0.383 e. The molecule has 0 radical (unpaired) electrons. The van der Waals surface area contributed by atoms with Crippen LogP contribution in [-0.4, -0.2) is 41.8 Å². The number of phosphoric ester groups is 1. The van der Waals surface area contributed by atoms with Crippen LogP contribution in [0, 0.1) is 16.7 Å². The summed E-state index contributed by atoms with van der Waals surface area (Å²) in [5, 5.41) is 12.8. The highest BCUT2D eigenvalue weighted by Crippen LogP contribution is 2.46. The molecule has 0 bridgehead atoms. The summed E-state index contributed by atoms with van der Waals surface area (Å²) in [6.07, 6.45) is -0.547. The van der Waals surface area contributed by atoms with Gasteiger partial charge in [0.25, 0.3) is 0 Å². The van der Waals surface area contributed by atoms with E-state index in [1.54, 1.807) is 13.8 Å². The second kappa shape index (κ2) is 9.30. The van der Waals surface area contributed by atoms with Crippen LogP contribution in [0.2, 0.25) is 0 Å². The summed E-state index contributed by atoms with van der Waals surface area (Å²) < 4.78 is 21.8. The van der Waals surface area contributed by atoms with E-state index in [0.717, 1.165) is 6.42 Å². The summed E-state index contributed by atoms with van der Waals surface area (Å²) in [7, 11) is -4.23. The Morgan fingerprint density at radius 1 is 1.12 bits per heavy atom. The molecule has 0 aliphatic heterocycles. The minimum atomic E-state index is -4.23. The molecule has 0 aromatic heterocycles. The number of nitrogens with one attached hydrogen (secondary N) is 1. The standard InChI is InChI=1S/C16H34NO6P/c1-12(2)8-9-17-14(19)13(18)16(6,7)11-23-24(20,21)22-10-15(3,4)5/h12-13,18H,8-11H2,1-7H3,(H,17,19)(H,20,21). The largest absolute Gasteiger partial charge is 0.472 e. The molecule has 0 aromatic carbocycles. The lowest BCUT2D eigenvalue weighted by molar-refractivity contribution is -0.137. The fourth-order valence-electron chi connectivity index (χ4n) is 1.57. The first-order valence-corrected chi connectivity index (χ1v) is 9.73. The van der Waals surface area contributed by atoms with Crippen molar-refractivity contribution in [3.05, 3.63) is 0 Å². The van der Waals surface area contributed by atoms with Crippen LogP contribution in [0.4, 0.5) is 0 Å². The van der Waals surface area contributed by atoms with Gasteiger partial charge in [-0.3, -0.25) is 13.8 Å². The number of hydrogen-bond donors (Lipinski definition) is 3. The van der Waals surface area contributed by atoms with Crippen molar-refractivity contribution in [1.29, 1.82) is 0 Å². The van der Waals surface area contributed by atoms with Crippen LogP contribution in [0.25, 0.3) is 0 Å². The minimum Gasteiger partial charge on any atom is -0.383 e. The average molecular weight is 367 g/mol. The van der Waals surface area contributed by atoms with Crippen molar-refractivity contribution in [2.75, 3.05) is 19.8 Å². The average Bonchev–Trinajstić information content (AvgIpc) is 2.41. The topological polar surface area (TPSA) is 105 Å². The molecule has 0 aliphatic carbocycles. The predicted octanol–water partition coefficient (Wildman–Crippen LogP) is 2.72. The van der Waals surface area contributed by atoms with E-state index in [1.807, 2.05) is 34.6 Å². The maximum absolute atomic E-state index is 12.0. The Morgan fingerprint density at radius 2 is 1.62 bits per heavy atom. The number of aliphatic hydroxyl groups excluding tert-OH is 1. The molecule has 0 fully saturated rings. The zero-order chi connectivity index (χ0) is 19.2. The molecule has 0 saturated carbocycles. The number of hydrogen-bond acceptors (Lipinski definition) is 5. The Labute approximate surface area is 145 Å². The Morgan fingerprint density at radius 3 is 2.08 bits per heavy atom. The van der Waals surface area contributed by atoms with Crippen molar-refractivity contribution in [1.82, 2.24) is 5.32 Å². The Balaban J connectivity index is 4.50. The third-order valence-corrected chi connectivity index (χ3v) is 4.18. The Kier molecular flexibility index (Phi) is 9.12. The van der Waals surface area contributed by atoms with E-state index < -0.39 is 25.2 Å². The first-order chi connectivity index (χ1) is 10.7. The van der Waals surface area contributed by atoms with E-state index in [4.69, 9.17) is 9.05 Å². The summed E-state index contributed by atoms with van der Waals surface area (Å²) >= 11 is 0. The summed E-state index contributed by atoms with van der Waals surface area (Å²) in [5.74, 6) is -0.0772. The highest BCUT2D eigenvalue weighted by Gasteiger charge is 2.37. The van der Waals surface area contributed by atoms with Gasteiger partial charge in [0.15, 0.2) is 0 Å². The van der Waals surface area contributed by atoms with Gasteiger partial charge in [-0.05, 0) is 17.8 Å². The van der Waals surface area contributed by atoms with Gasteiger partial charge in [-0.1, -0.05) is 48.5 Å². The molecular weight excluding hydrogens is 333 g/mol. The van der Waals surface area contributed by atoms with E-state index >= 15 is 0 Å². The van der Waals surface area contributed by atoms with Crippen molar-refractivity contribution < 1.29 is 28.4 Å². The second-order valence-electron chi connectivity index (χ2n) is 8.44. The minimum absolute atomic E-state index is 0.0550. The summed E-state index contributed by atoms with van der Waals surface area (Å²) in [6.45, 7) is 13.1. The van der Waals surface area contributed by atoms with E-state index in [1.165, 1.54) is 0 Å². The van der Waals surface area contributed by atoms with Crippen molar-refractivity contribution >= 4 is 13.7 Å². The van der Waals surface area contributed by atoms with Gasteiger partial charge < -0.3 is 15.3 Å². The third kappa shape index (κ3) is 10.4. The lowest BCUT2D eigenvalue weighted by Crippen LogP contribution is -2.46. The highest BCUT2D eigenvalue weighted by atomic mass is 31.2. The number of phosphoric acid groups is 1. The van der Waals surface area contributed by atoms with Crippen molar-refractivity contribution in [2.24, 2.45) is 16.7 Å². The van der Waals surface area contributed by atoms with Gasteiger partial charge in [0.2, 0.25) is 5.91 Å². The number of amides is 1. The van der Waals surface area contributed by atoms with Crippen LogP contribution >= 0.6 is 7.82 Å². The molecule has 3 N–H and O–H groups in total. The first-order valence-electron chi connectivity index (χ1n) is 8.24. The molecule has 0 heterocycles. The molecule has 8 heteroatoms. The highest BCUT2D eigenvalue weighted by molar-refractivity contribution is 7.47. The quantitative estimate of drug-likeness (QED) is 0.513. The van der Waals surface area contributed by atoms with Crippen molar-refractivity contribution in [3.8, 4) is 0 Å². The molecule has 1 amide bonds. The Hall–Kier alpha value is -0.460. The summed E-state index contributed by atoms with van der Waals surface area (Å²) in [4.78, 5) is 21.7. The molecule has 2 atom stereocenters. The summed E-state index contributed by atoms with van der Waals surface area (Å²) in [5.41, 5.74) is -1.32. The number of rotatable bonds is 10. The van der Waals surface area contributed by atoms with Crippen LogP contribution in [0.5, 0.6) is 0 Å². The van der Waals surface area contributed by atoms with Crippen LogP contribution in [0.3, 0.4) is 0 Å². The van der Waals surface area contributed by atoms with Gasteiger partial charge in [-0.2, -0.15) is 0 Å². The predicted molar refractivity (Wildman–Crippen MR) is 93.4 cm³/mol. The molecule has 0 spiro atoms. The van der Waals surface area contributed by atoms with Gasteiger partial charge >= 0.3 is 7.82 Å². The van der Waals surface area contributed by atoms with E-state index in [9.17, 15) is 19.4 Å². The Bertz CT molecular complexity index is 444. The molecule has 24 heavy (non-hydrogen) atoms. The normalized spacial score (nSPS) is 16.8. The zero-order valence-corrected chi connectivity index (χ0v) is 16.9. The molecular formula is C16H34NO6P. The molecule has 144 valence electrons. The van der Waals surface area contributed by atoms with Gasteiger partial charge in [0.1, 0.15) is 6.10 Å². The van der Waals surface area contributed by atoms with Crippen LogP contribution < -0.4 is 5.32 Å². The first kappa shape index (κ1) is 23.5. The molecule has 7 nitrogen and oxygen atoms in total. The third-order valence-electron chi connectivity index (χ3n) is 3.27. The monoisotopic (exact) mass is 367 g/mol. The van der Waals surface area contributed by atoms with Crippen LogP contribution in [-0.2, 0) is 18.4 Å². The van der Waals surface area contributed by atoms with E-state index in [0.29, 0.717) is 12.5 Å². The number of carbonyl (C=O) groups excluding carboxylic acids is 1. The zero-order valence-electron chi connectivity index (χ0n) is 16.0. The molecule has 0 rings (SSSR count). The van der Waals surface area contributed by atoms with E-state index in [-0.39, 0.29) is 18.6 Å². The van der Waals surface area contributed by atoms with Crippen molar-refractivity contribution in [2.45, 2.75) is 61.0 Å². The molecule has 0 aromatic rings. The van der Waals surface area contributed by atoms with Crippen molar-refractivity contribution in [3.63, 3.8) is 0 Å². The van der Waals surface area contributed by atoms with Gasteiger partial charge in [0.05, 0.1) is 13.2 Å². The maximum Gasteiger partial charge on any atom is 0.472 e. The van der Waals surface area contributed by atoms with Crippen LogP contribution in [0.15, 0.2) is 0 Å². The van der Waals surface area contributed by atoms with Gasteiger partial charge in [0, 0.05) is 12.0 Å². The fraction of sp³-hybridized carbons (Fsp3) is 0.938. The molecule has 0 aliphatic rings. The lowest BCUT2D eigenvalue weighted by Gasteiger charge is -2.30. The maximum atomic E-state index is 12.0. The molecule has 0 saturated heterocycles. The second-order valence-corrected chi connectivity index (χ2v) is 9.89. The van der Waals surface area contributed by atoms with Crippen LogP contribution in [0.1, 0.15) is 54.9 Å². The van der Waals surface area contributed by atoms with Gasteiger partial charge in [-0.15, -0.1) is 0 Å². The lowest BCUT2D eigenvalue weighted by atomic mass is 9.87. The van der Waals surface area contributed by atoms with Gasteiger partial charge in [-0.25, -0.2) is 4.57 Å². The number of aliphatic hydroxyl groups is 1. The number of carbonyl (C=O) groups is 1.